The van der Waals surface area contributed by atoms with E-state index >= 15 is 0 Å². The van der Waals surface area contributed by atoms with Crippen LogP contribution in [0, 0.1) is 3.57 Å². The van der Waals surface area contributed by atoms with Gasteiger partial charge in [-0.25, -0.2) is 0 Å². The van der Waals surface area contributed by atoms with Crippen LogP contribution in [0.5, 0.6) is 0 Å². The van der Waals surface area contributed by atoms with Gasteiger partial charge in [-0.1, -0.05) is 18.6 Å². The normalized spacial score (nSPS) is 24.3. The molecule has 0 aromatic heterocycles. The molecule has 0 unspecified atom stereocenters. The van der Waals surface area contributed by atoms with E-state index in [0.717, 1.165) is 6.04 Å². The van der Waals surface area contributed by atoms with Crippen molar-refractivity contribution in [2.24, 2.45) is 0 Å². The SMILES string of the molecule is C[C@H]1CCCCN1[C@@H](C)c1ccc(I)cc1. The van der Waals surface area contributed by atoms with Gasteiger partial charge in [0.15, 0.2) is 0 Å². The molecule has 0 bridgehead atoms. The molecule has 0 spiro atoms. The molecule has 0 radical (unpaired) electrons. The van der Waals surface area contributed by atoms with Crippen LogP contribution in [0.4, 0.5) is 0 Å². The average molecular weight is 329 g/mol. The highest BCUT2D eigenvalue weighted by molar-refractivity contribution is 14.1. The summed E-state index contributed by atoms with van der Waals surface area (Å²) >= 11 is 2.36. The van der Waals surface area contributed by atoms with Gasteiger partial charge in [-0.2, -0.15) is 0 Å². The quantitative estimate of drug-likeness (QED) is 0.734. The number of rotatable bonds is 2. The first kappa shape index (κ1) is 12.4. The highest BCUT2D eigenvalue weighted by Crippen LogP contribution is 2.28. The van der Waals surface area contributed by atoms with Crippen LogP contribution in [0.2, 0.25) is 0 Å². The van der Waals surface area contributed by atoms with Crippen LogP contribution in [0.3, 0.4) is 0 Å². The molecule has 2 heteroatoms. The van der Waals surface area contributed by atoms with Crippen molar-refractivity contribution in [3.05, 3.63) is 33.4 Å². The van der Waals surface area contributed by atoms with Gasteiger partial charge in [-0.3, -0.25) is 4.90 Å². The zero-order valence-electron chi connectivity index (χ0n) is 10.1. The van der Waals surface area contributed by atoms with E-state index in [0.29, 0.717) is 6.04 Å². The van der Waals surface area contributed by atoms with E-state index in [4.69, 9.17) is 0 Å². The fourth-order valence-electron chi connectivity index (χ4n) is 2.63. The van der Waals surface area contributed by atoms with Crippen molar-refractivity contribution < 1.29 is 0 Å². The Morgan fingerprint density at radius 1 is 1.25 bits per heavy atom. The van der Waals surface area contributed by atoms with E-state index in [-0.39, 0.29) is 0 Å². The molecule has 0 N–H and O–H groups in total. The van der Waals surface area contributed by atoms with Crippen molar-refractivity contribution in [1.29, 1.82) is 0 Å². The van der Waals surface area contributed by atoms with Crippen LogP contribution in [-0.2, 0) is 0 Å². The van der Waals surface area contributed by atoms with Crippen molar-refractivity contribution in [2.75, 3.05) is 6.54 Å². The van der Waals surface area contributed by atoms with Gasteiger partial charge in [0.1, 0.15) is 0 Å². The number of hydrogen-bond donors (Lipinski definition) is 0. The topological polar surface area (TPSA) is 3.24 Å². The van der Waals surface area contributed by atoms with Gasteiger partial charge in [0.05, 0.1) is 0 Å². The van der Waals surface area contributed by atoms with Crippen LogP contribution in [0.15, 0.2) is 24.3 Å². The van der Waals surface area contributed by atoms with E-state index in [1.54, 1.807) is 0 Å². The molecule has 1 nitrogen and oxygen atoms in total. The van der Waals surface area contributed by atoms with Gasteiger partial charge < -0.3 is 0 Å². The van der Waals surface area contributed by atoms with E-state index in [2.05, 4.69) is 65.6 Å². The van der Waals surface area contributed by atoms with Gasteiger partial charge in [0.2, 0.25) is 0 Å². The Morgan fingerprint density at radius 3 is 2.56 bits per heavy atom. The third-order valence-electron chi connectivity index (χ3n) is 3.70. The molecule has 1 fully saturated rings. The average Bonchev–Trinajstić information content (AvgIpc) is 2.30. The summed E-state index contributed by atoms with van der Waals surface area (Å²) in [5.74, 6) is 0. The first-order valence-corrected chi connectivity index (χ1v) is 7.27. The van der Waals surface area contributed by atoms with Crippen LogP contribution in [0.1, 0.15) is 44.7 Å². The summed E-state index contributed by atoms with van der Waals surface area (Å²) in [6.45, 7) is 5.96. The van der Waals surface area contributed by atoms with Gasteiger partial charge >= 0.3 is 0 Å². The van der Waals surface area contributed by atoms with Crippen molar-refractivity contribution in [1.82, 2.24) is 4.90 Å². The molecule has 1 aromatic rings. The first-order valence-electron chi connectivity index (χ1n) is 6.19. The summed E-state index contributed by atoms with van der Waals surface area (Å²) in [6, 6.07) is 10.3. The molecule has 1 saturated heterocycles. The molecule has 0 aliphatic carbocycles. The Labute approximate surface area is 112 Å². The third-order valence-corrected chi connectivity index (χ3v) is 4.42. The maximum Gasteiger partial charge on any atom is 0.0322 e. The minimum Gasteiger partial charge on any atom is -0.294 e. The summed E-state index contributed by atoms with van der Waals surface area (Å²) in [4.78, 5) is 2.64. The second-order valence-electron chi connectivity index (χ2n) is 4.81. The minimum atomic E-state index is 0.562. The molecule has 1 aromatic carbocycles. The Hall–Kier alpha value is -0.0900. The second kappa shape index (κ2) is 5.50. The zero-order valence-corrected chi connectivity index (χ0v) is 12.3. The number of hydrogen-bond acceptors (Lipinski definition) is 1. The molecule has 0 amide bonds. The minimum absolute atomic E-state index is 0.562. The van der Waals surface area contributed by atoms with Gasteiger partial charge in [0.25, 0.3) is 0 Å². The van der Waals surface area contributed by atoms with E-state index in [9.17, 15) is 0 Å². The molecular weight excluding hydrogens is 309 g/mol. The second-order valence-corrected chi connectivity index (χ2v) is 6.06. The number of benzene rings is 1. The van der Waals surface area contributed by atoms with Gasteiger partial charge in [-0.15, -0.1) is 0 Å². The molecular formula is C14H20IN. The Bertz CT molecular complexity index is 333. The van der Waals surface area contributed by atoms with Crippen LogP contribution in [-0.4, -0.2) is 17.5 Å². The molecule has 16 heavy (non-hydrogen) atoms. The third kappa shape index (κ3) is 2.77. The molecule has 2 atom stereocenters. The number of piperidine rings is 1. The van der Waals surface area contributed by atoms with E-state index < -0.39 is 0 Å². The van der Waals surface area contributed by atoms with Crippen molar-refractivity contribution in [3.8, 4) is 0 Å². The van der Waals surface area contributed by atoms with E-state index in [1.165, 1.54) is 34.9 Å². The molecule has 88 valence electrons. The van der Waals surface area contributed by atoms with Crippen molar-refractivity contribution in [3.63, 3.8) is 0 Å². The molecule has 1 aliphatic heterocycles. The Kier molecular flexibility index (Phi) is 4.25. The fraction of sp³-hybridized carbons (Fsp3) is 0.571. The lowest BCUT2D eigenvalue weighted by atomic mass is 9.98. The molecule has 1 heterocycles. The molecule has 2 rings (SSSR count). The number of nitrogens with zero attached hydrogens (tertiary/aromatic N) is 1. The fourth-order valence-corrected chi connectivity index (χ4v) is 2.99. The monoisotopic (exact) mass is 329 g/mol. The largest absolute Gasteiger partial charge is 0.294 e. The van der Waals surface area contributed by atoms with Crippen LogP contribution in [0.25, 0.3) is 0 Å². The summed E-state index contributed by atoms with van der Waals surface area (Å²) in [5, 5.41) is 0. The van der Waals surface area contributed by atoms with Gasteiger partial charge in [0, 0.05) is 15.7 Å². The smallest absolute Gasteiger partial charge is 0.0322 e. The summed E-state index contributed by atoms with van der Waals surface area (Å²) < 4.78 is 1.32. The standard InChI is InChI=1S/C14H20IN/c1-11-5-3-4-10-16(11)12(2)13-6-8-14(15)9-7-13/h6-9,11-12H,3-5,10H2,1-2H3/t11-,12-/m0/s1. The lowest BCUT2D eigenvalue weighted by Crippen LogP contribution is -2.39. The lowest BCUT2D eigenvalue weighted by molar-refractivity contribution is 0.114. The number of halogens is 1. The highest BCUT2D eigenvalue weighted by atomic mass is 127. The lowest BCUT2D eigenvalue weighted by Gasteiger charge is -2.38. The predicted octanol–water partition coefficient (Wildman–Crippen LogP) is 4.23. The highest BCUT2D eigenvalue weighted by Gasteiger charge is 2.23. The first-order chi connectivity index (χ1) is 7.68. The molecule has 1 aliphatic rings. The van der Waals surface area contributed by atoms with Crippen LogP contribution >= 0.6 is 22.6 Å². The zero-order chi connectivity index (χ0) is 11.5. The maximum atomic E-state index is 2.64. The predicted molar refractivity (Wildman–Crippen MR) is 77.6 cm³/mol. The number of likely N-dealkylation sites (tertiary alicyclic amines) is 1. The van der Waals surface area contributed by atoms with Crippen molar-refractivity contribution >= 4 is 22.6 Å². The maximum absolute atomic E-state index is 2.64. The molecule has 0 saturated carbocycles. The Balaban J connectivity index is 2.11. The van der Waals surface area contributed by atoms with Crippen molar-refractivity contribution in [2.45, 2.75) is 45.2 Å². The summed E-state index contributed by atoms with van der Waals surface area (Å²) in [7, 11) is 0. The van der Waals surface area contributed by atoms with E-state index in [1.807, 2.05) is 0 Å². The van der Waals surface area contributed by atoms with Crippen LogP contribution < -0.4 is 0 Å². The summed E-state index contributed by atoms with van der Waals surface area (Å²) in [5.41, 5.74) is 1.45. The Morgan fingerprint density at radius 2 is 1.94 bits per heavy atom. The van der Waals surface area contributed by atoms with Gasteiger partial charge in [-0.05, 0) is 73.5 Å². The summed E-state index contributed by atoms with van der Waals surface area (Å²) in [6.07, 6.45) is 4.12.